The number of allylic oxidation sites excluding steroid dienone is 1. The second-order valence-corrected chi connectivity index (χ2v) is 2.78. The topological polar surface area (TPSA) is 20.2 Å². The molecule has 1 atom stereocenters. The average Bonchev–Trinajstić information content (AvgIpc) is 1.98. The first-order chi connectivity index (χ1) is 4.85. The zero-order valence-electron chi connectivity index (χ0n) is 6.22. The molecule has 0 aromatic carbocycles. The molecule has 0 aliphatic carbocycles. The van der Waals surface area contributed by atoms with Crippen LogP contribution in [0.1, 0.15) is 19.3 Å². The second-order valence-electron chi connectivity index (χ2n) is 2.40. The Kier molecular flexibility index (Phi) is 7.09. The molecule has 0 saturated heterocycles. The minimum absolute atomic E-state index is 0.253. The fourth-order valence-corrected chi connectivity index (χ4v) is 1.04. The van der Waals surface area contributed by atoms with Gasteiger partial charge in [0.1, 0.15) is 0 Å². The summed E-state index contributed by atoms with van der Waals surface area (Å²) in [5.41, 5.74) is 0. The van der Waals surface area contributed by atoms with Gasteiger partial charge in [0.25, 0.3) is 0 Å². The number of aliphatic hydroxyl groups is 1. The predicted octanol–water partition coefficient (Wildman–Crippen LogP) is 2.19. The molecular weight excluding hydrogens is 148 g/mol. The third kappa shape index (κ3) is 4.83. The van der Waals surface area contributed by atoms with E-state index in [2.05, 4.69) is 6.58 Å². The molecule has 0 bridgehead atoms. The summed E-state index contributed by atoms with van der Waals surface area (Å²) in [5.74, 6) is 1.06. The molecule has 60 valence electrons. The van der Waals surface area contributed by atoms with Gasteiger partial charge in [-0.2, -0.15) is 0 Å². The van der Waals surface area contributed by atoms with Gasteiger partial charge >= 0.3 is 0 Å². The lowest BCUT2D eigenvalue weighted by molar-refractivity contribution is 0.219. The zero-order valence-corrected chi connectivity index (χ0v) is 6.98. The van der Waals surface area contributed by atoms with Crippen molar-refractivity contribution in [2.75, 3.05) is 12.5 Å². The molecule has 2 heteroatoms. The lowest BCUT2D eigenvalue weighted by atomic mass is 10.0. The number of aliphatic hydroxyl groups excluding tert-OH is 1. The quantitative estimate of drug-likeness (QED) is 0.469. The SMILES string of the molecule is C=CC[C@@H](CO)CCCCl. The molecular formula is C8H15ClO. The van der Waals surface area contributed by atoms with Gasteiger partial charge in [-0.05, 0) is 25.2 Å². The number of hydrogen-bond acceptors (Lipinski definition) is 1. The molecule has 0 unspecified atom stereocenters. The highest BCUT2D eigenvalue weighted by Crippen LogP contribution is 2.10. The first kappa shape index (κ1) is 9.99. The van der Waals surface area contributed by atoms with Crippen LogP contribution in [0.25, 0.3) is 0 Å². The van der Waals surface area contributed by atoms with E-state index in [0.29, 0.717) is 11.8 Å². The average molecular weight is 163 g/mol. The van der Waals surface area contributed by atoms with Crippen molar-refractivity contribution in [1.82, 2.24) is 0 Å². The summed E-state index contributed by atoms with van der Waals surface area (Å²) < 4.78 is 0. The van der Waals surface area contributed by atoms with Crippen LogP contribution < -0.4 is 0 Å². The van der Waals surface area contributed by atoms with Crippen molar-refractivity contribution in [3.8, 4) is 0 Å². The molecule has 10 heavy (non-hydrogen) atoms. The minimum Gasteiger partial charge on any atom is -0.396 e. The molecule has 0 aromatic rings. The van der Waals surface area contributed by atoms with E-state index in [-0.39, 0.29) is 6.61 Å². The van der Waals surface area contributed by atoms with Gasteiger partial charge in [-0.25, -0.2) is 0 Å². The highest BCUT2D eigenvalue weighted by Gasteiger charge is 2.03. The number of halogens is 1. The van der Waals surface area contributed by atoms with Gasteiger partial charge in [0.05, 0.1) is 0 Å². The van der Waals surface area contributed by atoms with Crippen LogP contribution in [0.15, 0.2) is 12.7 Å². The standard InChI is InChI=1S/C8H15ClO/c1-2-4-8(7-10)5-3-6-9/h2,8,10H,1,3-7H2/t8-/m1/s1. The lowest BCUT2D eigenvalue weighted by Gasteiger charge is -2.09. The van der Waals surface area contributed by atoms with Crippen molar-refractivity contribution in [3.05, 3.63) is 12.7 Å². The summed E-state index contributed by atoms with van der Waals surface area (Å²) in [6.45, 7) is 3.87. The molecule has 0 aromatic heterocycles. The summed E-state index contributed by atoms with van der Waals surface area (Å²) in [4.78, 5) is 0. The fourth-order valence-electron chi connectivity index (χ4n) is 0.885. The predicted molar refractivity (Wildman–Crippen MR) is 45.3 cm³/mol. The molecule has 0 aliphatic rings. The summed E-state index contributed by atoms with van der Waals surface area (Å²) >= 11 is 5.50. The first-order valence-electron chi connectivity index (χ1n) is 3.62. The van der Waals surface area contributed by atoms with Crippen LogP contribution >= 0.6 is 11.6 Å². The van der Waals surface area contributed by atoms with E-state index in [1.807, 2.05) is 6.08 Å². The van der Waals surface area contributed by atoms with Crippen LogP contribution in [-0.2, 0) is 0 Å². The Hall–Kier alpha value is -0.0100. The van der Waals surface area contributed by atoms with Gasteiger partial charge in [0, 0.05) is 12.5 Å². The van der Waals surface area contributed by atoms with E-state index >= 15 is 0 Å². The maximum atomic E-state index is 8.79. The van der Waals surface area contributed by atoms with E-state index < -0.39 is 0 Å². The highest BCUT2D eigenvalue weighted by molar-refractivity contribution is 6.17. The summed E-state index contributed by atoms with van der Waals surface area (Å²) in [5, 5.41) is 8.79. The van der Waals surface area contributed by atoms with Gasteiger partial charge in [-0.15, -0.1) is 18.2 Å². The van der Waals surface area contributed by atoms with Crippen molar-refractivity contribution >= 4 is 11.6 Å². The fraction of sp³-hybridized carbons (Fsp3) is 0.750. The number of hydrogen-bond donors (Lipinski definition) is 1. The van der Waals surface area contributed by atoms with E-state index in [1.165, 1.54) is 0 Å². The summed E-state index contributed by atoms with van der Waals surface area (Å²) in [7, 11) is 0. The first-order valence-corrected chi connectivity index (χ1v) is 4.16. The largest absolute Gasteiger partial charge is 0.396 e. The van der Waals surface area contributed by atoms with Gasteiger partial charge < -0.3 is 5.11 Å². The van der Waals surface area contributed by atoms with Crippen molar-refractivity contribution in [2.45, 2.75) is 19.3 Å². The molecule has 1 nitrogen and oxygen atoms in total. The molecule has 0 fully saturated rings. The molecule has 0 amide bonds. The van der Waals surface area contributed by atoms with Gasteiger partial charge in [0.2, 0.25) is 0 Å². The number of rotatable bonds is 6. The molecule has 0 heterocycles. The van der Waals surface area contributed by atoms with Crippen LogP contribution in [0.3, 0.4) is 0 Å². The summed E-state index contributed by atoms with van der Waals surface area (Å²) in [6, 6.07) is 0. The molecule has 0 rings (SSSR count). The highest BCUT2D eigenvalue weighted by atomic mass is 35.5. The van der Waals surface area contributed by atoms with Crippen molar-refractivity contribution in [2.24, 2.45) is 5.92 Å². The monoisotopic (exact) mass is 162 g/mol. The van der Waals surface area contributed by atoms with Crippen LogP contribution in [0, 0.1) is 5.92 Å². The van der Waals surface area contributed by atoms with Crippen molar-refractivity contribution in [3.63, 3.8) is 0 Å². The van der Waals surface area contributed by atoms with Gasteiger partial charge in [-0.1, -0.05) is 6.08 Å². The maximum Gasteiger partial charge on any atom is 0.0462 e. The van der Waals surface area contributed by atoms with Crippen LogP contribution in [-0.4, -0.2) is 17.6 Å². The Labute approximate surface area is 67.7 Å². The molecule has 0 spiro atoms. The zero-order chi connectivity index (χ0) is 7.82. The number of alkyl halides is 1. The molecule has 1 N–H and O–H groups in total. The molecule has 0 aliphatic heterocycles. The van der Waals surface area contributed by atoms with E-state index in [4.69, 9.17) is 16.7 Å². The van der Waals surface area contributed by atoms with E-state index in [9.17, 15) is 0 Å². The Morgan fingerprint density at radius 2 is 2.30 bits per heavy atom. The second kappa shape index (κ2) is 7.10. The third-order valence-corrected chi connectivity index (χ3v) is 1.77. The van der Waals surface area contributed by atoms with Gasteiger partial charge in [-0.3, -0.25) is 0 Å². The molecule has 0 saturated carbocycles. The minimum atomic E-state index is 0.253. The van der Waals surface area contributed by atoms with E-state index in [1.54, 1.807) is 0 Å². The maximum absolute atomic E-state index is 8.79. The Bertz CT molecular complexity index is 83.3. The molecule has 0 radical (unpaired) electrons. The van der Waals surface area contributed by atoms with Crippen LogP contribution in [0.5, 0.6) is 0 Å². The third-order valence-electron chi connectivity index (χ3n) is 1.50. The normalized spacial score (nSPS) is 13.0. The van der Waals surface area contributed by atoms with E-state index in [0.717, 1.165) is 19.3 Å². The Morgan fingerprint density at radius 1 is 1.60 bits per heavy atom. The Balaban J connectivity index is 3.29. The lowest BCUT2D eigenvalue weighted by Crippen LogP contribution is -2.04. The van der Waals surface area contributed by atoms with Gasteiger partial charge in [0.15, 0.2) is 0 Å². The summed E-state index contributed by atoms with van der Waals surface area (Å²) in [6.07, 6.45) is 4.73. The van der Waals surface area contributed by atoms with Crippen LogP contribution in [0.4, 0.5) is 0 Å². The van der Waals surface area contributed by atoms with Crippen molar-refractivity contribution in [1.29, 1.82) is 0 Å². The van der Waals surface area contributed by atoms with Crippen molar-refractivity contribution < 1.29 is 5.11 Å². The van der Waals surface area contributed by atoms with Crippen LogP contribution in [0.2, 0.25) is 0 Å². The smallest absolute Gasteiger partial charge is 0.0462 e. The Morgan fingerprint density at radius 3 is 2.70 bits per heavy atom.